The van der Waals surface area contributed by atoms with Crippen LogP contribution in [-0.2, 0) is 4.74 Å². The summed E-state index contributed by atoms with van der Waals surface area (Å²) in [5.41, 5.74) is 0.161. The molecule has 0 aromatic carbocycles. The monoisotopic (exact) mass is 241 g/mol. The van der Waals surface area contributed by atoms with Gasteiger partial charge >= 0.3 is 0 Å². The minimum atomic E-state index is 0.161. The van der Waals surface area contributed by atoms with Crippen molar-refractivity contribution in [1.82, 2.24) is 5.32 Å². The SMILES string of the molecule is CCC1(CC)CC(NCCCC(C)C)CCO1. The van der Waals surface area contributed by atoms with Crippen molar-refractivity contribution in [3.05, 3.63) is 0 Å². The van der Waals surface area contributed by atoms with Crippen molar-refractivity contribution in [2.24, 2.45) is 5.92 Å². The average Bonchev–Trinajstić information content (AvgIpc) is 2.34. The molecule has 0 aromatic rings. The summed E-state index contributed by atoms with van der Waals surface area (Å²) in [4.78, 5) is 0. The van der Waals surface area contributed by atoms with E-state index in [1.165, 1.54) is 32.2 Å². The van der Waals surface area contributed by atoms with Gasteiger partial charge in [0.1, 0.15) is 0 Å². The lowest BCUT2D eigenvalue weighted by Crippen LogP contribution is -2.46. The van der Waals surface area contributed by atoms with Gasteiger partial charge < -0.3 is 10.1 Å². The molecule has 2 heteroatoms. The fourth-order valence-electron chi connectivity index (χ4n) is 2.76. The first-order chi connectivity index (χ1) is 8.12. The molecule has 0 amide bonds. The van der Waals surface area contributed by atoms with Crippen LogP contribution in [0.4, 0.5) is 0 Å². The first-order valence-corrected chi connectivity index (χ1v) is 7.49. The van der Waals surface area contributed by atoms with Crippen molar-refractivity contribution in [3.8, 4) is 0 Å². The van der Waals surface area contributed by atoms with E-state index in [0.717, 1.165) is 25.4 Å². The van der Waals surface area contributed by atoms with E-state index in [4.69, 9.17) is 4.74 Å². The summed E-state index contributed by atoms with van der Waals surface area (Å²) in [6.45, 7) is 11.2. The van der Waals surface area contributed by atoms with Crippen LogP contribution in [0.2, 0.25) is 0 Å². The molecule has 0 aromatic heterocycles. The summed E-state index contributed by atoms with van der Waals surface area (Å²) >= 11 is 0. The van der Waals surface area contributed by atoms with Gasteiger partial charge in [0.25, 0.3) is 0 Å². The highest BCUT2D eigenvalue weighted by Gasteiger charge is 2.33. The van der Waals surface area contributed by atoms with Crippen LogP contribution >= 0.6 is 0 Å². The quantitative estimate of drug-likeness (QED) is 0.685. The van der Waals surface area contributed by atoms with Gasteiger partial charge in [-0.2, -0.15) is 0 Å². The minimum Gasteiger partial charge on any atom is -0.375 e. The Morgan fingerprint density at radius 3 is 2.59 bits per heavy atom. The highest BCUT2D eigenvalue weighted by atomic mass is 16.5. The van der Waals surface area contributed by atoms with Crippen LogP contribution in [0.1, 0.15) is 66.2 Å². The molecule has 0 aliphatic carbocycles. The lowest BCUT2D eigenvalue weighted by molar-refractivity contribution is -0.0929. The largest absolute Gasteiger partial charge is 0.375 e. The van der Waals surface area contributed by atoms with Crippen molar-refractivity contribution in [2.75, 3.05) is 13.2 Å². The first kappa shape index (κ1) is 15.0. The van der Waals surface area contributed by atoms with Crippen LogP contribution in [0.25, 0.3) is 0 Å². The molecule has 102 valence electrons. The first-order valence-electron chi connectivity index (χ1n) is 7.49. The van der Waals surface area contributed by atoms with Gasteiger partial charge in [-0.15, -0.1) is 0 Å². The highest BCUT2D eigenvalue weighted by Crippen LogP contribution is 2.31. The van der Waals surface area contributed by atoms with Gasteiger partial charge in [-0.3, -0.25) is 0 Å². The van der Waals surface area contributed by atoms with E-state index in [9.17, 15) is 0 Å². The molecule has 0 radical (unpaired) electrons. The molecule has 1 fully saturated rings. The molecule has 1 saturated heterocycles. The van der Waals surface area contributed by atoms with Crippen molar-refractivity contribution in [2.45, 2.75) is 77.9 Å². The van der Waals surface area contributed by atoms with Crippen LogP contribution in [0.3, 0.4) is 0 Å². The molecule has 1 atom stereocenters. The van der Waals surface area contributed by atoms with E-state index in [1.54, 1.807) is 0 Å². The third kappa shape index (κ3) is 4.97. The zero-order valence-corrected chi connectivity index (χ0v) is 12.2. The van der Waals surface area contributed by atoms with Gasteiger partial charge in [0.2, 0.25) is 0 Å². The van der Waals surface area contributed by atoms with Gasteiger partial charge in [0.05, 0.1) is 5.60 Å². The van der Waals surface area contributed by atoms with Crippen molar-refractivity contribution in [1.29, 1.82) is 0 Å². The summed E-state index contributed by atoms with van der Waals surface area (Å²) in [5.74, 6) is 0.830. The van der Waals surface area contributed by atoms with E-state index in [-0.39, 0.29) is 5.60 Å². The van der Waals surface area contributed by atoms with E-state index in [1.807, 2.05) is 0 Å². The lowest BCUT2D eigenvalue weighted by Gasteiger charge is -2.40. The van der Waals surface area contributed by atoms with E-state index < -0.39 is 0 Å². The third-order valence-corrected chi connectivity index (χ3v) is 4.17. The normalized spacial score (nSPS) is 24.2. The second-order valence-electron chi connectivity index (χ2n) is 5.92. The van der Waals surface area contributed by atoms with Crippen LogP contribution in [0, 0.1) is 5.92 Å². The zero-order valence-electron chi connectivity index (χ0n) is 12.2. The van der Waals surface area contributed by atoms with Crippen LogP contribution < -0.4 is 5.32 Å². The Morgan fingerprint density at radius 2 is 2.00 bits per heavy atom. The van der Waals surface area contributed by atoms with Crippen molar-refractivity contribution < 1.29 is 4.74 Å². The zero-order chi connectivity index (χ0) is 12.7. The molecule has 0 saturated carbocycles. The Hall–Kier alpha value is -0.0800. The number of hydrogen-bond acceptors (Lipinski definition) is 2. The van der Waals surface area contributed by atoms with Gasteiger partial charge in [-0.25, -0.2) is 0 Å². The Balaban J connectivity index is 2.25. The predicted molar refractivity (Wildman–Crippen MR) is 74.4 cm³/mol. The van der Waals surface area contributed by atoms with Crippen LogP contribution in [-0.4, -0.2) is 24.8 Å². The van der Waals surface area contributed by atoms with E-state index in [0.29, 0.717) is 6.04 Å². The van der Waals surface area contributed by atoms with E-state index >= 15 is 0 Å². The molecule has 1 heterocycles. The lowest BCUT2D eigenvalue weighted by atomic mass is 9.86. The number of nitrogens with one attached hydrogen (secondary N) is 1. The molecule has 17 heavy (non-hydrogen) atoms. The fourth-order valence-corrected chi connectivity index (χ4v) is 2.76. The molecular weight excluding hydrogens is 210 g/mol. The maximum Gasteiger partial charge on any atom is 0.0692 e. The summed E-state index contributed by atoms with van der Waals surface area (Å²) in [5, 5.41) is 3.72. The maximum atomic E-state index is 6.00. The Bertz CT molecular complexity index is 199. The van der Waals surface area contributed by atoms with Crippen molar-refractivity contribution >= 4 is 0 Å². The number of rotatable bonds is 7. The molecular formula is C15H31NO. The molecule has 1 rings (SSSR count). The molecule has 1 aliphatic rings. The number of hydrogen-bond donors (Lipinski definition) is 1. The molecule has 2 nitrogen and oxygen atoms in total. The van der Waals surface area contributed by atoms with Gasteiger partial charge in [0, 0.05) is 12.6 Å². The summed E-state index contributed by atoms with van der Waals surface area (Å²) in [6, 6.07) is 0.677. The third-order valence-electron chi connectivity index (χ3n) is 4.17. The van der Waals surface area contributed by atoms with Gasteiger partial charge in [-0.1, -0.05) is 27.7 Å². The Labute approximate surface area is 108 Å². The standard InChI is InChI=1S/C15H31NO/c1-5-15(6-2)12-14(9-11-17-15)16-10-7-8-13(3)4/h13-14,16H,5-12H2,1-4H3. The molecule has 1 unspecified atom stereocenters. The summed E-state index contributed by atoms with van der Waals surface area (Å²) < 4.78 is 6.00. The molecule has 1 aliphatic heterocycles. The summed E-state index contributed by atoms with van der Waals surface area (Å²) in [7, 11) is 0. The second-order valence-corrected chi connectivity index (χ2v) is 5.92. The molecule has 1 N–H and O–H groups in total. The van der Waals surface area contributed by atoms with Gasteiger partial charge in [0.15, 0.2) is 0 Å². The van der Waals surface area contributed by atoms with Crippen LogP contribution in [0.5, 0.6) is 0 Å². The second kappa shape index (κ2) is 7.38. The molecule has 0 spiro atoms. The van der Waals surface area contributed by atoms with E-state index in [2.05, 4.69) is 33.0 Å². The number of ether oxygens (including phenoxy) is 1. The minimum absolute atomic E-state index is 0.161. The summed E-state index contributed by atoms with van der Waals surface area (Å²) in [6.07, 6.45) is 7.32. The van der Waals surface area contributed by atoms with Crippen LogP contribution in [0.15, 0.2) is 0 Å². The Kier molecular flexibility index (Phi) is 6.50. The fraction of sp³-hybridized carbons (Fsp3) is 1.00. The topological polar surface area (TPSA) is 21.3 Å². The highest BCUT2D eigenvalue weighted by molar-refractivity contribution is 4.88. The van der Waals surface area contributed by atoms with Gasteiger partial charge in [-0.05, 0) is 51.0 Å². The van der Waals surface area contributed by atoms with Crippen molar-refractivity contribution in [3.63, 3.8) is 0 Å². The smallest absolute Gasteiger partial charge is 0.0692 e. The maximum absolute atomic E-state index is 6.00. The Morgan fingerprint density at radius 1 is 1.29 bits per heavy atom. The molecule has 0 bridgehead atoms. The predicted octanol–water partition coefficient (Wildman–Crippen LogP) is 3.75. The average molecular weight is 241 g/mol.